The fourth-order valence-electron chi connectivity index (χ4n) is 2.54. The lowest BCUT2D eigenvalue weighted by molar-refractivity contribution is -0.116. The number of carbonyl (C=O) groups is 1. The number of benzene rings is 1. The van der Waals surface area contributed by atoms with Crippen molar-refractivity contribution in [3.63, 3.8) is 0 Å². The maximum atomic E-state index is 12.1. The summed E-state index contributed by atoms with van der Waals surface area (Å²) in [5.41, 5.74) is 1.60. The molecule has 1 heterocycles. The standard InChI is InChI=1S/C16H15BrN2O/c17-13-9-12-6-3-7-14(16(12)18-10-13)19-15(20)8-11-4-1-2-5-11/h1,3-4,6-7,9-11H,2,5,8H2,(H,19,20). The molecule has 1 aliphatic rings. The topological polar surface area (TPSA) is 42.0 Å². The van der Waals surface area contributed by atoms with Crippen LogP contribution in [-0.4, -0.2) is 10.9 Å². The number of fused-ring (bicyclic) bond motifs is 1. The summed E-state index contributed by atoms with van der Waals surface area (Å²) in [6, 6.07) is 7.81. The Morgan fingerprint density at radius 2 is 2.35 bits per heavy atom. The minimum absolute atomic E-state index is 0.0544. The van der Waals surface area contributed by atoms with Crippen LogP contribution in [0.25, 0.3) is 10.9 Å². The van der Waals surface area contributed by atoms with Gasteiger partial charge in [-0.3, -0.25) is 9.78 Å². The molecule has 102 valence electrons. The summed E-state index contributed by atoms with van der Waals surface area (Å²) in [5, 5.41) is 3.99. The highest BCUT2D eigenvalue weighted by Crippen LogP contribution is 2.25. The van der Waals surface area contributed by atoms with Crippen LogP contribution in [0.5, 0.6) is 0 Å². The van der Waals surface area contributed by atoms with Gasteiger partial charge in [-0.15, -0.1) is 0 Å². The summed E-state index contributed by atoms with van der Waals surface area (Å²) < 4.78 is 0.935. The summed E-state index contributed by atoms with van der Waals surface area (Å²) in [7, 11) is 0. The molecule has 1 unspecified atom stereocenters. The smallest absolute Gasteiger partial charge is 0.225 e. The minimum atomic E-state index is 0.0544. The fraction of sp³-hybridized carbons (Fsp3) is 0.250. The predicted octanol–water partition coefficient (Wildman–Crippen LogP) is 4.29. The molecule has 2 aromatic rings. The largest absolute Gasteiger partial charge is 0.324 e. The molecule has 4 heteroatoms. The van der Waals surface area contributed by atoms with Crippen molar-refractivity contribution < 1.29 is 4.79 Å². The van der Waals surface area contributed by atoms with Gasteiger partial charge < -0.3 is 5.32 Å². The van der Waals surface area contributed by atoms with Gasteiger partial charge in [-0.05, 0) is 46.8 Å². The van der Waals surface area contributed by atoms with Gasteiger partial charge in [-0.25, -0.2) is 0 Å². The molecule has 1 aromatic carbocycles. The van der Waals surface area contributed by atoms with Gasteiger partial charge in [0.1, 0.15) is 0 Å². The first-order chi connectivity index (χ1) is 9.72. The number of anilines is 1. The number of nitrogens with zero attached hydrogens (tertiary/aromatic N) is 1. The second-order valence-corrected chi connectivity index (χ2v) is 5.96. The number of hydrogen-bond donors (Lipinski definition) is 1. The highest BCUT2D eigenvalue weighted by Gasteiger charge is 2.15. The van der Waals surface area contributed by atoms with Crippen molar-refractivity contribution in [2.75, 3.05) is 5.32 Å². The molecular weight excluding hydrogens is 316 g/mol. The van der Waals surface area contributed by atoms with Crippen LogP contribution < -0.4 is 5.32 Å². The van der Waals surface area contributed by atoms with E-state index in [4.69, 9.17) is 0 Å². The number of para-hydroxylation sites is 1. The number of halogens is 1. The Labute approximate surface area is 126 Å². The molecule has 1 amide bonds. The van der Waals surface area contributed by atoms with Crippen LogP contribution in [0.15, 0.2) is 47.1 Å². The van der Waals surface area contributed by atoms with E-state index in [1.165, 1.54) is 0 Å². The SMILES string of the molecule is O=C(CC1C=CCC1)Nc1cccc2cc(Br)cnc12. The third-order valence-corrected chi connectivity index (χ3v) is 3.95. The number of amides is 1. The summed E-state index contributed by atoms with van der Waals surface area (Å²) in [6.07, 6.45) is 8.74. The molecule has 0 saturated heterocycles. The number of nitrogens with one attached hydrogen (secondary N) is 1. The van der Waals surface area contributed by atoms with Gasteiger partial charge >= 0.3 is 0 Å². The number of rotatable bonds is 3. The fourth-order valence-corrected chi connectivity index (χ4v) is 2.89. The van der Waals surface area contributed by atoms with Gasteiger partial charge in [0.15, 0.2) is 0 Å². The number of carbonyl (C=O) groups excluding carboxylic acids is 1. The molecule has 1 N–H and O–H groups in total. The highest BCUT2D eigenvalue weighted by molar-refractivity contribution is 9.10. The molecule has 3 rings (SSSR count). The van der Waals surface area contributed by atoms with Crippen LogP contribution in [-0.2, 0) is 4.79 Å². The number of pyridine rings is 1. The quantitative estimate of drug-likeness (QED) is 0.853. The van der Waals surface area contributed by atoms with Gasteiger partial charge in [0.25, 0.3) is 0 Å². The molecule has 0 spiro atoms. The maximum Gasteiger partial charge on any atom is 0.225 e. The zero-order valence-electron chi connectivity index (χ0n) is 11.0. The highest BCUT2D eigenvalue weighted by atomic mass is 79.9. The molecule has 1 aliphatic carbocycles. The van der Waals surface area contributed by atoms with Crippen molar-refractivity contribution in [2.24, 2.45) is 5.92 Å². The average molecular weight is 331 g/mol. The average Bonchev–Trinajstić information content (AvgIpc) is 2.91. The second kappa shape index (κ2) is 5.75. The van der Waals surface area contributed by atoms with Crippen LogP contribution in [0.3, 0.4) is 0 Å². The van der Waals surface area contributed by atoms with E-state index < -0.39 is 0 Å². The van der Waals surface area contributed by atoms with Gasteiger partial charge in [0, 0.05) is 22.5 Å². The monoisotopic (exact) mass is 330 g/mol. The molecule has 0 bridgehead atoms. The van der Waals surface area contributed by atoms with Gasteiger partial charge in [0.2, 0.25) is 5.91 Å². The van der Waals surface area contributed by atoms with E-state index in [9.17, 15) is 4.79 Å². The Hall–Kier alpha value is -1.68. The third-order valence-electron chi connectivity index (χ3n) is 3.51. The van der Waals surface area contributed by atoms with E-state index in [0.29, 0.717) is 12.3 Å². The summed E-state index contributed by atoms with van der Waals surface area (Å²) in [4.78, 5) is 16.5. The van der Waals surface area contributed by atoms with Gasteiger partial charge in [0.05, 0.1) is 11.2 Å². The summed E-state index contributed by atoms with van der Waals surface area (Å²) in [5.74, 6) is 0.436. The Morgan fingerprint density at radius 3 is 3.15 bits per heavy atom. The lowest BCUT2D eigenvalue weighted by Crippen LogP contribution is -2.15. The van der Waals surface area contributed by atoms with Gasteiger partial charge in [-0.2, -0.15) is 0 Å². The zero-order chi connectivity index (χ0) is 13.9. The third kappa shape index (κ3) is 2.90. The van der Waals surface area contributed by atoms with Crippen LogP contribution in [0.4, 0.5) is 5.69 Å². The predicted molar refractivity (Wildman–Crippen MR) is 84.6 cm³/mol. The molecule has 0 radical (unpaired) electrons. The molecule has 0 saturated carbocycles. The van der Waals surface area contributed by atoms with E-state index >= 15 is 0 Å². The van der Waals surface area contributed by atoms with Crippen molar-refractivity contribution in [2.45, 2.75) is 19.3 Å². The van der Waals surface area contributed by atoms with Crippen LogP contribution in [0.1, 0.15) is 19.3 Å². The molecule has 3 nitrogen and oxygen atoms in total. The molecule has 1 aromatic heterocycles. The second-order valence-electron chi connectivity index (χ2n) is 5.05. The Kier molecular flexibility index (Phi) is 3.83. The molecule has 1 atom stereocenters. The number of hydrogen-bond acceptors (Lipinski definition) is 2. The zero-order valence-corrected chi connectivity index (χ0v) is 12.6. The Balaban J connectivity index is 1.79. The van der Waals surface area contributed by atoms with E-state index in [2.05, 4.69) is 38.4 Å². The molecular formula is C16H15BrN2O. The molecule has 0 fully saturated rings. The van der Waals surface area contributed by atoms with Crippen molar-refractivity contribution in [3.8, 4) is 0 Å². The van der Waals surface area contributed by atoms with Crippen LogP contribution >= 0.6 is 15.9 Å². The first-order valence-electron chi connectivity index (χ1n) is 6.73. The van der Waals surface area contributed by atoms with E-state index in [1.54, 1.807) is 6.20 Å². The maximum absolute atomic E-state index is 12.1. The first kappa shape index (κ1) is 13.3. The van der Waals surface area contributed by atoms with Crippen molar-refractivity contribution in [1.82, 2.24) is 4.98 Å². The molecule has 0 aliphatic heterocycles. The van der Waals surface area contributed by atoms with Crippen LogP contribution in [0, 0.1) is 5.92 Å². The number of aromatic nitrogens is 1. The van der Waals surface area contributed by atoms with E-state index in [0.717, 1.165) is 33.9 Å². The van der Waals surface area contributed by atoms with Gasteiger partial charge in [-0.1, -0.05) is 24.3 Å². The van der Waals surface area contributed by atoms with Crippen molar-refractivity contribution in [3.05, 3.63) is 47.1 Å². The number of allylic oxidation sites excluding steroid dienone is 2. The van der Waals surface area contributed by atoms with Crippen molar-refractivity contribution in [1.29, 1.82) is 0 Å². The van der Waals surface area contributed by atoms with Crippen molar-refractivity contribution >= 4 is 38.4 Å². The minimum Gasteiger partial charge on any atom is -0.324 e. The van der Waals surface area contributed by atoms with E-state index in [1.807, 2.05) is 24.3 Å². The molecule has 20 heavy (non-hydrogen) atoms. The summed E-state index contributed by atoms with van der Waals surface area (Å²) in [6.45, 7) is 0. The first-order valence-corrected chi connectivity index (χ1v) is 7.52. The Bertz CT molecular complexity index is 681. The van der Waals surface area contributed by atoms with E-state index in [-0.39, 0.29) is 5.91 Å². The Morgan fingerprint density at radius 1 is 1.45 bits per heavy atom. The normalized spacial score (nSPS) is 17.6. The summed E-state index contributed by atoms with van der Waals surface area (Å²) >= 11 is 3.41. The lowest BCUT2D eigenvalue weighted by Gasteiger charge is -2.10. The lowest BCUT2D eigenvalue weighted by atomic mass is 10.0. The van der Waals surface area contributed by atoms with Crippen LogP contribution in [0.2, 0.25) is 0 Å².